The van der Waals surface area contributed by atoms with E-state index in [9.17, 15) is 9.59 Å². The molecule has 4 aromatic rings. The van der Waals surface area contributed by atoms with Crippen LogP contribution in [0.15, 0.2) is 59.4 Å². The number of aromatic nitrogens is 2. The first-order valence-corrected chi connectivity index (χ1v) is 11.3. The molecular weight excluding hydrogens is 414 g/mol. The Balaban J connectivity index is 1.69. The molecule has 0 radical (unpaired) electrons. The van der Waals surface area contributed by atoms with E-state index in [4.69, 9.17) is 4.74 Å². The van der Waals surface area contributed by atoms with Crippen molar-refractivity contribution in [3.8, 4) is 5.75 Å². The molecule has 6 nitrogen and oxygen atoms in total. The molecule has 0 unspecified atom stereocenters. The van der Waals surface area contributed by atoms with Crippen LogP contribution in [-0.4, -0.2) is 34.0 Å². The summed E-state index contributed by atoms with van der Waals surface area (Å²) in [7, 11) is 1.80. The highest BCUT2D eigenvalue weighted by Crippen LogP contribution is 2.30. The van der Waals surface area contributed by atoms with Gasteiger partial charge in [-0.05, 0) is 55.3 Å². The van der Waals surface area contributed by atoms with Gasteiger partial charge in [0.25, 0.3) is 11.5 Å². The van der Waals surface area contributed by atoms with Crippen molar-refractivity contribution in [3.05, 3.63) is 81.8 Å². The Morgan fingerprint density at radius 3 is 2.64 bits per heavy atom. The molecule has 0 aliphatic rings. The lowest BCUT2D eigenvalue weighted by Crippen LogP contribution is -2.27. The Kier molecular flexibility index (Phi) is 6.45. The van der Waals surface area contributed by atoms with E-state index in [1.165, 1.54) is 0 Å². The molecule has 0 bridgehead atoms. The molecule has 170 valence electrons. The lowest BCUT2D eigenvalue weighted by molar-refractivity contribution is 0.0784. The molecule has 6 heteroatoms. The van der Waals surface area contributed by atoms with Gasteiger partial charge in [0.05, 0.1) is 17.6 Å². The van der Waals surface area contributed by atoms with Crippen LogP contribution >= 0.6 is 0 Å². The molecule has 0 spiro atoms. The second-order valence-corrected chi connectivity index (χ2v) is 8.22. The number of benzene rings is 3. The Hall–Kier alpha value is -3.67. The molecule has 1 amide bonds. The number of carbonyl (C=O) groups excluding carboxylic acids is 1. The first-order valence-electron chi connectivity index (χ1n) is 11.3. The third-order valence-corrected chi connectivity index (χ3v) is 5.87. The van der Waals surface area contributed by atoms with Crippen molar-refractivity contribution in [1.29, 1.82) is 0 Å². The van der Waals surface area contributed by atoms with Gasteiger partial charge in [0, 0.05) is 31.3 Å². The minimum atomic E-state index is -0.111. The number of carbonyl (C=O) groups is 1. The van der Waals surface area contributed by atoms with Crippen molar-refractivity contribution in [1.82, 2.24) is 14.5 Å². The van der Waals surface area contributed by atoms with E-state index in [1.54, 1.807) is 41.6 Å². The fourth-order valence-electron chi connectivity index (χ4n) is 4.18. The minimum absolute atomic E-state index is 0.100. The molecule has 1 aromatic heterocycles. The Morgan fingerprint density at radius 1 is 1.09 bits per heavy atom. The number of amides is 1. The number of ether oxygens (including phenoxy) is 1. The summed E-state index contributed by atoms with van der Waals surface area (Å²) in [5.41, 5.74) is 3.23. The number of aryl methyl sites for hydroxylation is 2. The SMILES string of the molecule is CCCOc1ccc2ccccc2c1CN(C)C(=O)c1ccc2c(c1)nc(C)c(=O)n2CC. The maximum atomic E-state index is 13.3. The summed E-state index contributed by atoms with van der Waals surface area (Å²) in [5, 5.41) is 2.19. The van der Waals surface area contributed by atoms with Gasteiger partial charge in [-0.2, -0.15) is 0 Å². The third-order valence-electron chi connectivity index (χ3n) is 5.87. The quantitative estimate of drug-likeness (QED) is 0.406. The fourth-order valence-corrected chi connectivity index (χ4v) is 4.18. The zero-order valence-corrected chi connectivity index (χ0v) is 19.6. The molecule has 0 N–H and O–H groups in total. The second-order valence-electron chi connectivity index (χ2n) is 8.22. The highest BCUT2D eigenvalue weighted by molar-refractivity contribution is 5.97. The van der Waals surface area contributed by atoms with E-state index in [0.29, 0.717) is 36.5 Å². The van der Waals surface area contributed by atoms with E-state index in [1.807, 2.05) is 25.1 Å². The monoisotopic (exact) mass is 443 g/mol. The van der Waals surface area contributed by atoms with Crippen LogP contribution in [0.3, 0.4) is 0 Å². The van der Waals surface area contributed by atoms with Crippen LogP contribution in [0.2, 0.25) is 0 Å². The molecular formula is C27H29N3O3. The molecule has 1 heterocycles. The van der Waals surface area contributed by atoms with E-state index in [-0.39, 0.29) is 11.5 Å². The molecule has 3 aromatic carbocycles. The van der Waals surface area contributed by atoms with Gasteiger partial charge in [-0.1, -0.05) is 37.3 Å². The standard InChI is InChI=1S/C27H29N3O3/c1-5-15-33-25-14-12-19-9-7-8-10-21(19)22(25)17-29(4)27(32)20-11-13-24-23(16-20)28-18(3)26(31)30(24)6-2/h7-14,16H,5-6,15,17H2,1-4H3. The van der Waals surface area contributed by atoms with Gasteiger partial charge < -0.3 is 14.2 Å². The molecule has 4 rings (SSSR count). The largest absolute Gasteiger partial charge is 0.493 e. The van der Waals surface area contributed by atoms with Crippen molar-refractivity contribution in [2.75, 3.05) is 13.7 Å². The molecule has 0 aliphatic heterocycles. The highest BCUT2D eigenvalue weighted by atomic mass is 16.5. The Labute approximate surface area is 193 Å². The van der Waals surface area contributed by atoms with Crippen LogP contribution < -0.4 is 10.3 Å². The fraction of sp³-hybridized carbons (Fsp3) is 0.296. The molecule has 0 saturated carbocycles. The number of fused-ring (bicyclic) bond motifs is 2. The van der Waals surface area contributed by atoms with Gasteiger partial charge in [0.15, 0.2) is 0 Å². The number of rotatable bonds is 7. The van der Waals surface area contributed by atoms with Gasteiger partial charge in [0.1, 0.15) is 11.4 Å². The molecule has 0 saturated heterocycles. The average molecular weight is 444 g/mol. The summed E-state index contributed by atoms with van der Waals surface area (Å²) in [5.74, 6) is 0.693. The van der Waals surface area contributed by atoms with Crippen molar-refractivity contribution >= 4 is 27.7 Å². The summed E-state index contributed by atoms with van der Waals surface area (Å²) in [6, 6.07) is 17.5. The van der Waals surface area contributed by atoms with Crippen LogP contribution in [0, 0.1) is 6.92 Å². The van der Waals surface area contributed by atoms with Gasteiger partial charge in [0.2, 0.25) is 0 Å². The summed E-state index contributed by atoms with van der Waals surface area (Å²) in [6.07, 6.45) is 0.910. The predicted octanol–water partition coefficient (Wildman–Crippen LogP) is 4.94. The molecule has 33 heavy (non-hydrogen) atoms. The predicted molar refractivity (Wildman–Crippen MR) is 132 cm³/mol. The topological polar surface area (TPSA) is 64.4 Å². The Bertz CT molecular complexity index is 1390. The normalized spacial score (nSPS) is 11.2. The minimum Gasteiger partial charge on any atom is -0.493 e. The lowest BCUT2D eigenvalue weighted by Gasteiger charge is -2.21. The molecule has 0 fully saturated rings. The maximum Gasteiger partial charge on any atom is 0.272 e. The van der Waals surface area contributed by atoms with E-state index < -0.39 is 0 Å². The van der Waals surface area contributed by atoms with Crippen LogP contribution in [-0.2, 0) is 13.1 Å². The van der Waals surface area contributed by atoms with Crippen molar-refractivity contribution in [2.24, 2.45) is 0 Å². The number of nitrogens with zero attached hydrogens (tertiary/aromatic N) is 3. The van der Waals surface area contributed by atoms with Crippen molar-refractivity contribution in [3.63, 3.8) is 0 Å². The lowest BCUT2D eigenvalue weighted by atomic mass is 10.0. The summed E-state index contributed by atoms with van der Waals surface area (Å²) in [4.78, 5) is 31.9. The zero-order valence-electron chi connectivity index (χ0n) is 19.6. The smallest absolute Gasteiger partial charge is 0.272 e. The van der Waals surface area contributed by atoms with Crippen LogP contribution in [0.25, 0.3) is 21.8 Å². The van der Waals surface area contributed by atoms with Gasteiger partial charge in [-0.3, -0.25) is 9.59 Å². The Morgan fingerprint density at radius 2 is 1.88 bits per heavy atom. The highest BCUT2D eigenvalue weighted by Gasteiger charge is 2.18. The third kappa shape index (κ3) is 4.33. The number of hydrogen-bond acceptors (Lipinski definition) is 4. The first kappa shape index (κ1) is 22.5. The average Bonchev–Trinajstić information content (AvgIpc) is 2.83. The van der Waals surface area contributed by atoms with Crippen LogP contribution in [0.5, 0.6) is 5.75 Å². The summed E-state index contributed by atoms with van der Waals surface area (Å²) >= 11 is 0. The van der Waals surface area contributed by atoms with E-state index in [0.717, 1.165) is 34.0 Å². The first-order chi connectivity index (χ1) is 15.9. The van der Waals surface area contributed by atoms with Crippen LogP contribution in [0.1, 0.15) is 41.9 Å². The molecule has 0 atom stereocenters. The summed E-state index contributed by atoms with van der Waals surface area (Å²) in [6.45, 7) is 7.29. The maximum absolute atomic E-state index is 13.3. The second kappa shape index (κ2) is 9.45. The van der Waals surface area contributed by atoms with Crippen molar-refractivity contribution < 1.29 is 9.53 Å². The van der Waals surface area contributed by atoms with Crippen molar-refractivity contribution in [2.45, 2.75) is 40.3 Å². The summed E-state index contributed by atoms with van der Waals surface area (Å²) < 4.78 is 7.69. The zero-order chi connectivity index (χ0) is 23.5. The van der Waals surface area contributed by atoms with E-state index >= 15 is 0 Å². The van der Waals surface area contributed by atoms with Gasteiger partial charge in [-0.15, -0.1) is 0 Å². The van der Waals surface area contributed by atoms with Gasteiger partial charge in [-0.25, -0.2) is 4.98 Å². The van der Waals surface area contributed by atoms with E-state index in [2.05, 4.69) is 30.1 Å². The van der Waals surface area contributed by atoms with Gasteiger partial charge >= 0.3 is 0 Å². The molecule has 0 aliphatic carbocycles. The van der Waals surface area contributed by atoms with Crippen LogP contribution in [0.4, 0.5) is 0 Å². The number of hydrogen-bond donors (Lipinski definition) is 0.